The fourth-order valence-corrected chi connectivity index (χ4v) is 3.88. The average Bonchev–Trinajstić information content (AvgIpc) is 2.99. The number of benzene rings is 2. The molecule has 1 heterocycles. The molecule has 3 nitrogen and oxygen atoms in total. The number of hydrogen-bond donors (Lipinski definition) is 2. The Hall–Kier alpha value is -2.33. The number of aryl methyl sites for hydroxylation is 1. The van der Waals surface area contributed by atoms with Gasteiger partial charge in [-0.1, -0.05) is 12.1 Å². The zero-order chi connectivity index (χ0) is 17.4. The first kappa shape index (κ1) is 16.2. The van der Waals surface area contributed by atoms with Crippen molar-refractivity contribution >= 4 is 10.9 Å². The van der Waals surface area contributed by atoms with Crippen molar-refractivity contribution in [1.29, 1.82) is 0 Å². The largest absolute Gasteiger partial charge is 0.494 e. The molecule has 1 aliphatic rings. The van der Waals surface area contributed by atoms with Crippen molar-refractivity contribution in [3.63, 3.8) is 0 Å². The Labute approximate surface area is 147 Å². The Morgan fingerprint density at radius 1 is 1.20 bits per heavy atom. The third-order valence-electron chi connectivity index (χ3n) is 5.28. The van der Waals surface area contributed by atoms with Crippen molar-refractivity contribution in [3.8, 4) is 5.75 Å². The van der Waals surface area contributed by atoms with E-state index < -0.39 is 0 Å². The lowest BCUT2D eigenvalue weighted by Crippen LogP contribution is -2.31. The van der Waals surface area contributed by atoms with Gasteiger partial charge in [-0.15, -0.1) is 0 Å². The first-order chi connectivity index (χ1) is 12.2. The highest BCUT2D eigenvalue weighted by atomic mass is 19.1. The van der Waals surface area contributed by atoms with E-state index in [1.165, 1.54) is 41.3 Å². The molecule has 1 aliphatic carbocycles. The summed E-state index contributed by atoms with van der Waals surface area (Å²) in [6.45, 7) is 0. The minimum atomic E-state index is -0.308. The summed E-state index contributed by atoms with van der Waals surface area (Å²) in [4.78, 5) is 3.57. The molecular formula is C21H23FN2O. The van der Waals surface area contributed by atoms with Crippen LogP contribution < -0.4 is 10.1 Å². The lowest BCUT2D eigenvalue weighted by atomic mass is 9.91. The van der Waals surface area contributed by atoms with Gasteiger partial charge in [0.05, 0.1) is 7.11 Å². The lowest BCUT2D eigenvalue weighted by Gasteiger charge is -2.21. The number of methoxy groups -OCH3 is 1. The number of aromatic nitrogens is 1. The molecule has 0 radical (unpaired) electrons. The number of nitrogens with one attached hydrogen (secondary N) is 2. The molecule has 0 saturated heterocycles. The summed E-state index contributed by atoms with van der Waals surface area (Å²) < 4.78 is 18.9. The minimum absolute atomic E-state index is 0.289. The molecule has 4 heteroatoms. The van der Waals surface area contributed by atoms with Crippen LogP contribution in [0, 0.1) is 5.82 Å². The third-order valence-corrected chi connectivity index (χ3v) is 5.28. The molecule has 0 fully saturated rings. The third kappa shape index (κ3) is 3.02. The van der Waals surface area contributed by atoms with Crippen molar-refractivity contribution in [2.45, 2.75) is 31.7 Å². The summed E-state index contributed by atoms with van der Waals surface area (Å²) in [5.74, 6) is -0.0195. The molecule has 25 heavy (non-hydrogen) atoms. The van der Waals surface area contributed by atoms with E-state index in [9.17, 15) is 4.39 Å². The molecule has 0 amide bonds. The molecule has 130 valence electrons. The maximum Gasteiger partial charge on any atom is 0.165 e. The van der Waals surface area contributed by atoms with Crippen molar-refractivity contribution in [2.24, 2.45) is 0 Å². The fraction of sp³-hybridized carbons (Fsp3) is 0.333. The predicted octanol–water partition coefficient (Wildman–Crippen LogP) is 3.98. The van der Waals surface area contributed by atoms with Crippen molar-refractivity contribution < 1.29 is 9.13 Å². The van der Waals surface area contributed by atoms with Crippen LogP contribution in [0.3, 0.4) is 0 Å². The molecule has 1 unspecified atom stereocenters. The van der Waals surface area contributed by atoms with E-state index >= 15 is 0 Å². The number of ether oxygens (including phenoxy) is 1. The second kappa shape index (κ2) is 6.52. The van der Waals surface area contributed by atoms with Gasteiger partial charge in [0.15, 0.2) is 11.6 Å². The van der Waals surface area contributed by atoms with E-state index in [4.69, 9.17) is 4.74 Å². The maximum absolute atomic E-state index is 13.9. The molecule has 3 aromatic rings. The van der Waals surface area contributed by atoms with Crippen LogP contribution in [0.4, 0.5) is 4.39 Å². The molecule has 1 atom stereocenters. The van der Waals surface area contributed by atoms with Gasteiger partial charge in [-0.2, -0.15) is 0 Å². The van der Waals surface area contributed by atoms with Crippen LogP contribution in [0.5, 0.6) is 5.75 Å². The Morgan fingerprint density at radius 3 is 2.76 bits per heavy atom. The second-order valence-corrected chi connectivity index (χ2v) is 6.84. The van der Waals surface area contributed by atoms with Gasteiger partial charge in [0, 0.05) is 22.6 Å². The number of aromatic amines is 1. The number of rotatable bonds is 4. The van der Waals surface area contributed by atoms with Gasteiger partial charge >= 0.3 is 0 Å². The van der Waals surface area contributed by atoms with Crippen LogP contribution in [0.2, 0.25) is 0 Å². The van der Waals surface area contributed by atoms with Gasteiger partial charge in [-0.05, 0) is 73.7 Å². The number of likely N-dealkylation sites (N-methyl/N-ethyl adjacent to an activating group) is 1. The van der Waals surface area contributed by atoms with Crippen molar-refractivity contribution in [2.75, 3.05) is 14.2 Å². The van der Waals surface area contributed by atoms with Crippen LogP contribution in [-0.2, 0) is 19.3 Å². The summed E-state index contributed by atoms with van der Waals surface area (Å²) >= 11 is 0. The molecule has 4 rings (SSSR count). The SMILES string of the molecule is CNC1CCc2[nH]c3ccc(Cc4ccc(OC)c(F)c4)cc3c2C1. The Kier molecular flexibility index (Phi) is 4.22. The Bertz CT molecular complexity index is 916. The molecule has 0 aliphatic heterocycles. The molecule has 2 aromatic carbocycles. The number of fused-ring (bicyclic) bond motifs is 3. The Balaban J connectivity index is 1.66. The van der Waals surface area contributed by atoms with Gasteiger partial charge in [0.2, 0.25) is 0 Å². The monoisotopic (exact) mass is 338 g/mol. The standard InChI is InChI=1S/C21H23FN2O/c1-23-15-5-7-20-17(12-15)16-10-13(3-6-19(16)24-20)9-14-4-8-21(25-2)18(22)11-14/h3-4,6,8,10-11,15,23-24H,5,7,9,12H2,1-2H3. The first-order valence-electron chi connectivity index (χ1n) is 8.80. The molecular weight excluding hydrogens is 315 g/mol. The van der Waals surface area contributed by atoms with Gasteiger partial charge in [-0.25, -0.2) is 4.39 Å². The van der Waals surface area contributed by atoms with Crippen LogP contribution in [0.1, 0.15) is 28.8 Å². The highest BCUT2D eigenvalue weighted by Gasteiger charge is 2.21. The van der Waals surface area contributed by atoms with Crippen molar-refractivity contribution in [1.82, 2.24) is 10.3 Å². The summed E-state index contributed by atoms with van der Waals surface area (Å²) in [5, 5.41) is 4.71. The first-order valence-corrected chi connectivity index (χ1v) is 8.80. The quantitative estimate of drug-likeness (QED) is 0.755. The van der Waals surface area contributed by atoms with Crippen molar-refractivity contribution in [3.05, 3.63) is 64.6 Å². The normalized spacial score (nSPS) is 16.8. The summed E-state index contributed by atoms with van der Waals surface area (Å²) in [6, 6.07) is 12.3. The summed E-state index contributed by atoms with van der Waals surface area (Å²) in [5.41, 5.74) is 6.16. The number of hydrogen-bond acceptors (Lipinski definition) is 2. The molecule has 2 N–H and O–H groups in total. The van der Waals surface area contributed by atoms with Gasteiger partial charge < -0.3 is 15.0 Å². The fourth-order valence-electron chi connectivity index (χ4n) is 3.88. The van der Waals surface area contributed by atoms with E-state index in [0.717, 1.165) is 18.4 Å². The van der Waals surface area contributed by atoms with E-state index in [0.29, 0.717) is 12.5 Å². The highest BCUT2D eigenvalue weighted by molar-refractivity contribution is 5.85. The topological polar surface area (TPSA) is 37.0 Å². The van der Waals surface area contributed by atoms with E-state index in [1.54, 1.807) is 12.1 Å². The summed E-state index contributed by atoms with van der Waals surface area (Å²) in [6.07, 6.45) is 4.04. The maximum atomic E-state index is 13.9. The molecule has 0 bridgehead atoms. The zero-order valence-corrected chi connectivity index (χ0v) is 14.7. The van der Waals surface area contributed by atoms with Crippen LogP contribution in [-0.4, -0.2) is 25.2 Å². The number of H-pyrrole nitrogens is 1. The molecule has 1 aromatic heterocycles. The van der Waals surface area contributed by atoms with Crippen LogP contribution >= 0.6 is 0 Å². The summed E-state index contributed by atoms with van der Waals surface area (Å²) in [7, 11) is 3.52. The second-order valence-electron chi connectivity index (χ2n) is 6.84. The average molecular weight is 338 g/mol. The van der Waals surface area contributed by atoms with Crippen LogP contribution in [0.15, 0.2) is 36.4 Å². The van der Waals surface area contributed by atoms with Gasteiger partial charge in [0.25, 0.3) is 0 Å². The van der Waals surface area contributed by atoms with Gasteiger partial charge in [0.1, 0.15) is 0 Å². The predicted molar refractivity (Wildman–Crippen MR) is 98.9 cm³/mol. The lowest BCUT2D eigenvalue weighted by molar-refractivity contribution is 0.386. The number of halogens is 1. The van der Waals surface area contributed by atoms with E-state index in [2.05, 4.69) is 28.5 Å². The highest BCUT2D eigenvalue weighted by Crippen LogP contribution is 2.30. The van der Waals surface area contributed by atoms with E-state index in [1.807, 2.05) is 13.1 Å². The molecule has 0 spiro atoms. The Morgan fingerprint density at radius 2 is 2.00 bits per heavy atom. The minimum Gasteiger partial charge on any atom is -0.494 e. The van der Waals surface area contributed by atoms with Gasteiger partial charge in [-0.3, -0.25) is 0 Å². The zero-order valence-electron chi connectivity index (χ0n) is 14.7. The van der Waals surface area contributed by atoms with E-state index in [-0.39, 0.29) is 11.6 Å². The molecule has 0 saturated carbocycles. The smallest absolute Gasteiger partial charge is 0.165 e. The van der Waals surface area contributed by atoms with Crippen LogP contribution in [0.25, 0.3) is 10.9 Å².